The van der Waals surface area contributed by atoms with Gasteiger partial charge >= 0.3 is 0 Å². The molecule has 0 amide bonds. The Morgan fingerprint density at radius 1 is 1.40 bits per heavy atom. The first-order chi connectivity index (χ1) is 7.26. The highest BCUT2D eigenvalue weighted by Gasteiger charge is 2.35. The van der Waals surface area contributed by atoms with Crippen LogP contribution in [0, 0.1) is 5.82 Å². The molecule has 1 N–H and O–H groups in total. The van der Waals surface area contributed by atoms with Crippen LogP contribution in [0.2, 0.25) is 0 Å². The predicted octanol–water partition coefficient (Wildman–Crippen LogP) is 2.90. The van der Waals surface area contributed by atoms with E-state index in [4.69, 9.17) is 0 Å². The van der Waals surface area contributed by atoms with Crippen LogP contribution in [0.5, 0.6) is 0 Å². The Kier molecular flexibility index (Phi) is 3.06. The van der Waals surface area contributed by atoms with Gasteiger partial charge in [0.1, 0.15) is 5.82 Å². The summed E-state index contributed by atoms with van der Waals surface area (Å²) in [6, 6.07) is 7.11. The Balaban J connectivity index is 2.10. The topological polar surface area (TPSA) is 12.0 Å². The van der Waals surface area contributed by atoms with E-state index in [1.165, 1.54) is 6.42 Å². The van der Waals surface area contributed by atoms with Crippen molar-refractivity contribution in [1.29, 1.82) is 0 Å². The maximum atomic E-state index is 13.5. The quantitative estimate of drug-likeness (QED) is 0.800. The minimum Gasteiger partial charge on any atom is -0.311 e. The zero-order valence-corrected chi connectivity index (χ0v) is 9.22. The van der Waals surface area contributed by atoms with E-state index >= 15 is 0 Å². The molecular formula is C13H18FN. The molecule has 0 radical (unpaired) electrons. The van der Waals surface area contributed by atoms with Gasteiger partial charge in [-0.15, -0.1) is 0 Å². The summed E-state index contributed by atoms with van der Waals surface area (Å²) < 4.78 is 13.5. The van der Waals surface area contributed by atoms with E-state index in [0.29, 0.717) is 0 Å². The van der Waals surface area contributed by atoms with Gasteiger partial charge in [0.25, 0.3) is 0 Å². The van der Waals surface area contributed by atoms with Gasteiger partial charge in [0.15, 0.2) is 0 Å². The first-order valence-electron chi connectivity index (χ1n) is 5.74. The lowest BCUT2D eigenvalue weighted by Gasteiger charge is -2.43. The Morgan fingerprint density at radius 3 is 2.67 bits per heavy atom. The number of rotatable bonds is 4. The molecule has 82 valence electrons. The first-order valence-corrected chi connectivity index (χ1v) is 5.74. The predicted molar refractivity (Wildman–Crippen MR) is 60.4 cm³/mol. The second-order valence-electron chi connectivity index (χ2n) is 4.48. The third-order valence-electron chi connectivity index (χ3n) is 3.32. The summed E-state index contributed by atoms with van der Waals surface area (Å²) in [7, 11) is 0. The Hall–Kier alpha value is -0.890. The summed E-state index contributed by atoms with van der Waals surface area (Å²) in [5, 5.41) is 3.47. The number of benzene rings is 1. The molecule has 1 aromatic rings. The van der Waals surface area contributed by atoms with Gasteiger partial charge in [-0.3, -0.25) is 0 Å². The fraction of sp³-hybridized carbons (Fsp3) is 0.538. The minimum absolute atomic E-state index is 0.0679. The normalized spacial score (nSPS) is 24.9. The molecule has 0 bridgehead atoms. The number of nitrogens with one attached hydrogen (secondary N) is 1. The monoisotopic (exact) mass is 207 g/mol. The highest BCUT2D eigenvalue weighted by Crippen LogP contribution is 2.29. The lowest BCUT2D eigenvalue weighted by molar-refractivity contribution is 0.187. The van der Waals surface area contributed by atoms with Crippen LogP contribution in [0.15, 0.2) is 24.3 Å². The van der Waals surface area contributed by atoms with Gasteiger partial charge in [0.2, 0.25) is 0 Å². The van der Waals surface area contributed by atoms with E-state index in [-0.39, 0.29) is 11.4 Å². The molecule has 15 heavy (non-hydrogen) atoms. The fourth-order valence-electron chi connectivity index (χ4n) is 2.42. The molecule has 1 saturated heterocycles. The molecule has 1 fully saturated rings. The Morgan fingerprint density at radius 2 is 2.13 bits per heavy atom. The lowest BCUT2D eigenvalue weighted by atomic mass is 9.78. The van der Waals surface area contributed by atoms with Crippen molar-refractivity contribution < 1.29 is 4.39 Å². The third-order valence-corrected chi connectivity index (χ3v) is 3.32. The SMILES string of the molecule is CCCC1(Cc2ccccc2F)CCN1. The Bertz CT molecular complexity index is 331. The zero-order valence-electron chi connectivity index (χ0n) is 9.22. The molecule has 1 aliphatic heterocycles. The summed E-state index contributed by atoms with van der Waals surface area (Å²) in [5.41, 5.74) is 1.02. The van der Waals surface area contributed by atoms with Gasteiger partial charge in [-0.25, -0.2) is 4.39 Å². The molecule has 0 spiro atoms. The largest absolute Gasteiger partial charge is 0.311 e. The van der Waals surface area contributed by atoms with Crippen LogP contribution in [-0.2, 0) is 6.42 Å². The van der Waals surface area contributed by atoms with Crippen LogP contribution < -0.4 is 5.32 Å². The van der Waals surface area contributed by atoms with Crippen LogP contribution >= 0.6 is 0 Å². The van der Waals surface area contributed by atoms with Crippen molar-refractivity contribution in [2.24, 2.45) is 0 Å². The average molecular weight is 207 g/mol. The van der Waals surface area contributed by atoms with Crippen LogP contribution in [-0.4, -0.2) is 12.1 Å². The summed E-state index contributed by atoms with van der Waals surface area (Å²) in [6.07, 6.45) is 4.30. The standard InChI is InChI=1S/C13H18FN/c1-2-7-13(8-9-15-13)10-11-5-3-4-6-12(11)14/h3-6,15H,2,7-10H2,1H3. The Labute approximate surface area is 90.7 Å². The smallest absolute Gasteiger partial charge is 0.126 e. The van der Waals surface area contributed by atoms with E-state index in [2.05, 4.69) is 12.2 Å². The van der Waals surface area contributed by atoms with Crippen molar-refractivity contribution in [3.63, 3.8) is 0 Å². The second-order valence-corrected chi connectivity index (χ2v) is 4.48. The maximum absolute atomic E-state index is 13.5. The van der Waals surface area contributed by atoms with Crippen molar-refractivity contribution in [2.75, 3.05) is 6.54 Å². The van der Waals surface area contributed by atoms with Gasteiger partial charge in [0.05, 0.1) is 0 Å². The van der Waals surface area contributed by atoms with Crippen molar-refractivity contribution in [3.05, 3.63) is 35.6 Å². The molecular weight excluding hydrogens is 189 g/mol. The molecule has 1 heterocycles. The highest BCUT2D eigenvalue weighted by molar-refractivity contribution is 5.21. The van der Waals surface area contributed by atoms with Crippen molar-refractivity contribution in [1.82, 2.24) is 5.32 Å². The van der Waals surface area contributed by atoms with E-state index in [0.717, 1.165) is 31.4 Å². The lowest BCUT2D eigenvalue weighted by Crippen LogP contribution is -2.58. The van der Waals surface area contributed by atoms with Gasteiger partial charge in [-0.1, -0.05) is 31.5 Å². The molecule has 2 rings (SSSR count). The van der Waals surface area contributed by atoms with E-state index < -0.39 is 0 Å². The molecule has 1 nitrogen and oxygen atoms in total. The van der Waals surface area contributed by atoms with Crippen LogP contribution in [0.1, 0.15) is 31.7 Å². The number of halogens is 1. The molecule has 0 saturated carbocycles. The fourth-order valence-corrected chi connectivity index (χ4v) is 2.42. The van der Waals surface area contributed by atoms with Gasteiger partial charge < -0.3 is 5.32 Å². The highest BCUT2D eigenvalue weighted by atomic mass is 19.1. The number of hydrogen-bond donors (Lipinski definition) is 1. The minimum atomic E-state index is -0.0679. The van der Waals surface area contributed by atoms with Gasteiger partial charge in [0, 0.05) is 5.54 Å². The first kappa shape index (κ1) is 10.6. The second kappa shape index (κ2) is 4.31. The average Bonchev–Trinajstić information content (AvgIpc) is 2.18. The summed E-state index contributed by atoms with van der Waals surface area (Å²) >= 11 is 0. The molecule has 1 aliphatic rings. The third kappa shape index (κ3) is 2.20. The molecule has 1 atom stereocenters. The molecule has 2 heteroatoms. The van der Waals surface area contributed by atoms with E-state index in [1.807, 2.05) is 12.1 Å². The van der Waals surface area contributed by atoms with Crippen LogP contribution in [0.3, 0.4) is 0 Å². The van der Waals surface area contributed by atoms with Crippen molar-refractivity contribution in [2.45, 2.75) is 38.1 Å². The molecule has 0 aromatic heterocycles. The van der Waals surface area contributed by atoms with Crippen LogP contribution in [0.4, 0.5) is 4.39 Å². The molecule has 1 unspecified atom stereocenters. The van der Waals surface area contributed by atoms with Crippen LogP contribution in [0.25, 0.3) is 0 Å². The van der Waals surface area contributed by atoms with Crippen molar-refractivity contribution in [3.8, 4) is 0 Å². The van der Waals surface area contributed by atoms with E-state index in [1.54, 1.807) is 12.1 Å². The number of hydrogen-bond acceptors (Lipinski definition) is 1. The summed E-state index contributed by atoms with van der Waals surface area (Å²) in [6.45, 7) is 3.26. The van der Waals surface area contributed by atoms with Gasteiger partial charge in [-0.05, 0) is 37.4 Å². The van der Waals surface area contributed by atoms with Crippen molar-refractivity contribution >= 4 is 0 Å². The van der Waals surface area contributed by atoms with Gasteiger partial charge in [-0.2, -0.15) is 0 Å². The maximum Gasteiger partial charge on any atom is 0.126 e. The summed E-state index contributed by atoms with van der Waals surface area (Å²) in [4.78, 5) is 0. The molecule has 0 aliphatic carbocycles. The van der Waals surface area contributed by atoms with E-state index in [9.17, 15) is 4.39 Å². The summed E-state index contributed by atoms with van der Waals surface area (Å²) in [5.74, 6) is -0.0679. The molecule has 1 aromatic carbocycles. The zero-order chi connectivity index (χ0) is 10.7.